The third-order valence-electron chi connectivity index (χ3n) is 3.84. The topological polar surface area (TPSA) is 15.3 Å². The Morgan fingerprint density at radius 3 is 2.42 bits per heavy atom. The predicted octanol–water partition coefficient (Wildman–Crippen LogP) is 3.55. The Kier molecular flexibility index (Phi) is 5.68. The maximum atomic E-state index is 5.91. The molecular weight excluding hydrogens is 256 g/mol. The summed E-state index contributed by atoms with van der Waals surface area (Å²) in [6.45, 7) is 9.10. The molecule has 1 heterocycles. The molecule has 0 spiro atoms. The van der Waals surface area contributed by atoms with Gasteiger partial charge in [0, 0.05) is 17.6 Å². The molecule has 1 aromatic carbocycles. The first kappa shape index (κ1) is 14.8. The van der Waals surface area contributed by atoms with Crippen molar-refractivity contribution in [2.24, 2.45) is 5.92 Å². The highest BCUT2D eigenvalue weighted by atomic mass is 35.5. The number of nitrogens with zero attached hydrogens (tertiary/aromatic N) is 1. The van der Waals surface area contributed by atoms with Crippen LogP contribution in [-0.4, -0.2) is 30.6 Å². The van der Waals surface area contributed by atoms with Crippen molar-refractivity contribution >= 4 is 11.6 Å². The van der Waals surface area contributed by atoms with Crippen LogP contribution in [0.3, 0.4) is 0 Å². The van der Waals surface area contributed by atoms with Gasteiger partial charge in [-0.2, -0.15) is 0 Å². The fourth-order valence-corrected chi connectivity index (χ4v) is 2.73. The molecule has 19 heavy (non-hydrogen) atoms. The molecule has 0 saturated carbocycles. The van der Waals surface area contributed by atoms with Crippen molar-refractivity contribution < 1.29 is 0 Å². The van der Waals surface area contributed by atoms with Crippen molar-refractivity contribution in [3.63, 3.8) is 0 Å². The van der Waals surface area contributed by atoms with Gasteiger partial charge in [0.05, 0.1) is 0 Å². The highest BCUT2D eigenvalue weighted by molar-refractivity contribution is 6.30. The van der Waals surface area contributed by atoms with Crippen LogP contribution in [-0.2, 0) is 6.54 Å². The van der Waals surface area contributed by atoms with Gasteiger partial charge in [-0.05, 0) is 56.1 Å². The molecule has 0 amide bonds. The summed E-state index contributed by atoms with van der Waals surface area (Å²) in [5.74, 6) is 0.851. The number of likely N-dealkylation sites (tertiary alicyclic amines) is 1. The highest BCUT2D eigenvalue weighted by Gasteiger charge is 2.19. The van der Waals surface area contributed by atoms with Crippen LogP contribution in [0.5, 0.6) is 0 Å². The Hall–Kier alpha value is -0.570. The van der Waals surface area contributed by atoms with Crippen LogP contribution in [0, 0.1) is 5.92 Å². The lowest BCUT2D eigenvalue weighted by Crippen LogP contribution is -2.38. The summed E-state index contributed by atoms with van der Waals surface area (Å²) in [7, 11) is 0. The van der Waals surface area contributed by atoms with Crippen molar-refractivity contribution in [2.45, 2.75) is 39.3 Å². The highest BCUT2D eigenvalue weighted by Crippen LogP contribution is 2.19. The standard InChI is InChI=1S/C16H25ClN2/c1-13(2)18-11-14-7-9-19(10-8-14)12-15-3-5-16(17)6-4-15/h3-6,13-14,18H,7-12H2,1-2H3. The van der Waals surface area contributed by atoms with Crippen molar-refractivity contribution in [3.8, 4) is 0 Å². The molecule has 1 saturated heterocycles. The zero-order chi connectivity index (χ0) is 13.7. The maximum absolute atomic E-state index is 5.91. The van der Waals surface area contributed by atoms with Gasteiger partial charge in [0.1, 0.15) is 0 Å². The third-order valence-corrected chi connectivity index (χ3v) is 4.09. The summed E-state index contributed by atoms with van der Waals surface area (Å²) in [6.07, 6.45) is 2.63. The molecule has 2 nitrogen and oxygen atoms in total. The van der Waals surface area contributed by atoms with Crippen molar-refractivity contribution in [1.82, 2.24) is 10.2 Å². The fourth-order valence-electron chi connectivity index (χ4n) is 2.60. The molecule has 3 heteroatoms. The van der Waals surface area contributed by atoms with Crippen LogP contribution >= 0.6 is 11.6 Å². The average molecular weight is 281 g/mol. The maximum Gasteiger partial charge on any atom is 0.0406 e. The lowest BCUT2D eigenvalue weighted by Gasteiger charge is -2.32. The second-order valence-corrected chi connectivity index (χ2v) is 6.35. The van der Waals surface area contributed by atoms with Crippen LogP contribution in [0.15, 0.2) is 24.3 Å². The molecule has 0 bridgehead atoms. The van der Waals surface area contributed by atoms with E-state index in [0.717, 1.165) is 17.5 Å². The summed E-state index contributed by atoms with van der Waals surface area (Å²) in [4.78, 5) is 2.55. The number of rotatable bonds is 5. The SMILES string of the molecule is CC(C)NCC1CCN(Cc2ccc(Cl)cc2)CC1. The lowest BCUT2D eigenvalue weighted by atomic mass is 9.96. The van der Waals surface area contributed by atoms with E-state index in [4.69, 9.17) is 11.6 Å². The van der Waals surface area contributed by atoms with Gasteiger partial charge < -0.3 is 5.32 Å². The van der Waals surface area contributed by atoms with E-state index in [0.29, 0.717) is 6.04 Å². The molecule has 1 aliphatic heterocycles. The van der Waals surface area contributed by atoms with E-state index < -0.39 is 0 Å². The van der Waals surface area contributed by atoms with E-state index in [1.807, 2.05) is 12.1 Å². The van der Waals surface area contributed by atoms with E-state index in [2.05, 4.69) is 36.2 Å². The van der Waals surface area contributed by atoms with E-state index >= 15 is 0 Å². The van der Waals surface area contributed by atoms with Crippen molar-refractivity contribution in [2.75, 3.05) is 19.6 Å². The number of hydrogen-bond acceptors (Lipinski definition) is 2. The lowest BCUT2D eigenvalue weighted by molar-refractivity contribution is 0.174. The molecule has 0 radical (unpaired) electrons. The van der Waals surface area contributed by atoms with E-state index in [-0.39, 0.29) is 0 Å². The molecule has 1 aromatic rings. The monoisotopic (exact) mass is 280 g/mol. The number of piperidine rings is 1. The first-order valence-corrected chi connectivity index (χ1v) is 7.71. The van der Waals surface area contributed by atoms with Crippen LogP contribution in [0.4, 0.5) is 0 Å². The Morgan fingerprint density at radius 2 is 1.84 bits per heavy atom. The van der Waals surface area contributed by atoms with Gasteiger partial charge in [0.25, 0.3) is 0 Å². The van der Waals surface area contributed by atoms with Crippen LogP contribution < -0.4 is 5.32 Å². The molecule has 0 unspecified atom stereocenters. The van der Waals surface area contributed by atoms with E-state index in [9.17, 15) is 0 Å². The first-order valence-electron chi connectivity index (χ1n) is 7.33. The number of hydrogen-bond donors (Lipinski definition) is 1. The zero-order valence-corrected chi connectivity index (χ0v) is 12.8. The summed E-state index contributed by atoms with van der Waals surface area (Å²) in [5, 5.41) is 4.37. The second kappa shape index (κ2) is 7.28. The Bertz CT molecular complexity index is 367. The molecule has 1 aliphatic rings. The largest absolute Gasteiger partial charge is 0.314 e. The third kappa shape index (κ3) is 5.13. The van der Waals surface area contributed by atoms with Gasteiger partial charge in [-0.3, -0.25) is 4.90 Å². The molecule has 106 valence electrons. The Labute approximate surface area is 122 Å². The normalized spacial score (nSPS) is 18.1. The molecule has 2 rings (SSSR count). The number of halogens is 1. The van der Waals surface area contributed by atoms with Crippen molar-refractivity contribution in [3.05, 3.63) is 34.9 Å². The Balaban J connectivity index is 1.72. The molecule has 0 aliphatic carbocycles. The Morgan fingerprint density at radius 1 is 1.21 bits per heavy atom. The molecule has 1 fully saturated rings. The minimum atomic E-state index is 0.604. The van der Waals surface area contributed by atoms with Crippen LogP contribution in [0.1, 0.15) is 32.3 Å². The number of benzene rings is 1. The summed E-state index contributed by atoms with van der Waals surface area (Å²) in [5.41, 5.74) is 1.36. The molecular formula is C16H25ClN2. The van der Waals surface area contributed by atoms with Crippen molar-refractivity contribution in [1.29, 1.82) is 0 Å². The quantitative estimate of drug-likeness (QED) is 0.887. The predicted molar refractivity (Wildman–Crippen MR) is 82.6 cm³/mol. The van der Waals surface area contributed by atoms with Crippen LogP contribution in [0.25, 0.3) is 0 Å². The fraction of sp³-hybridized carbons (Fsp3) is 0.625. The van der Waals surface area contributed by atoms with Gasteiger partial charge in [-0.15, -0.1) is 0 Å². The van der Waals surface area contributed by atoms with E-state index in [1.165, 1.54) is 38.0 Å². The smallest absolute Gasteiger partial charge is 0.0406 e. The minimum absolute atomic E-state index is 0.604. The summed E-state index contributed by atoms with van der Waals surface area (Å²) in [6, 6.07) is 8.84. The van der Waals surface area contributed by atoms with Gasteiger partial charge >= 0.3 is 0 Å². The first-order chi connectivity index (χ1) is 9.13. The summed E-state index contributed by atoms with van der Waals surface area (Å²) < 4.78 is 0. The average Bonchev–Trinajstić information content (AvgIpc) is 2.40. The van der Waals surface area contributed by atoms with Crippen LogP contribution in [0.2, 0.25) is 5.02 Å². The molecule has 0 atom stereocenters. The van der Waals surface area contributed by atoms with E-state index in [1.54, 1.807) is 0 Å². The summed E-state index contributed by atoms with van der Waals surface area (Å²) >= 11 is 5.91. The van der Waals surface area contributed by atoms with Gasteiger partial charge in [0.15, 0.2) is 0 Å². The minimum Gasteiger partial charge on any atom is -0.314 e. The zero-order valence-electron chi connectivity index (χ0n) is 12.0. The van der Waals surface area contributed by atoms with Gasteiger partial charge in [-0.25, -0.2) is 0 Å². The molecule has 1 N–H and O–H groups in total. The van der Waals surface area contributed by atoms with Gasteiger partial charge in [-0.1, -0.05) is 37.6 Å². The number of nitrogens with one attached hydrogen (secondary N) is 1. The second-order valence-electron chi connectivity index (χ2n) is 5.91. The molecule has 0 aromatic heterocycles. The van der Waals surface area contributed by atoms with Gasteiger partial charge in [0.2, 0.25) is 0 Å².